The maximum absolute atomic E-state index is 6.86. The van der Waals surface area contributed by atoms with Crippen LogP contribution in [0.3, 0.4) is 0 Å². The summed E-state index contributed by atoms with van der Waals surface area (Å²) in [6.45, 7) is 3.34. The maximum atomic E-state index is 6.86. The highest BCUT2D eigenvalue weighted by atomic mass is 13.9. The van der Waals surface area contributed by atoms with Gasteiger partial charge in [-0.15, -0.1) is 0 Å². The highest BCUT2D eigenvalue weighted by Gasteiger charge is 1.86. The summed E-state index contributed by atoms with van der Waals surface area (Å²) in [4.78, 5) is 0. The van der Waals surface area contributed by atoms with E-state index in [2.05, 4.69) is 0 Å². The van der Waals surface area contributed by atoms with E-state index < -0.39 is 0 Å². The lowest BCUT2D eigenvalue weighted by Crippen LogP contribution is -1.75. The van der Waals surface area contributed by atoms with E-state index in [1.807, 2.05) is 31.2 Å². The SMILES string of the molecule is [2H]/C=C/c1ccccc1C. The molecule has 0 fully saturated rings. The molecule has 0 aliphatic rings. The van der Waals surface area contributed by atoms with Crippen molar-refractivity contribution < 1.29 is 1.37 Å². The third kappa shape index (κ3) is 1.20. The molecule has 1 rings (SSSR count). The molecule has 9 heavy (non-hydrogen) atoms. The molecule has 0 aliphatic carbocycles. The molecule has 0 saturated carbocycles. The van der Waals surface area contributed by atoms with Crippen LogP contribution in [0.25, 0.3) is 6.08 Å². The zero-order chi connectivity index (χ0) is 7.40. The number of hydrogen-bond donors (Lipinski definition) is 0. The van der Waals surface area contributed by atoms with Crippen LogP contribution in [-0.4, -0.2) is 0 Å². The molecule has 0 unspecified atom stereocenters. The molecule has 0 atom stereocenters. The monoisotopic (exact) mass is 119 g/mol. The Bertz CT molecular complexity index is 238. The van der Waals surface area contributed by atoms with Crippen LogP contribution in [0, 0.1) is 6.92 Å². The molecule has 0 nitrogen and oxygen atoms in total. The van der Waals surface area contributed by atoms with Gasteiger partial charge in [-0.1, -0.05) is 36.9 Å². The molecule has 1 aromatic carbocycles. The standard InChI is InChI=1S/C9H10/c1-3-9-7-5-4-6-8(9)2/h3-7H,1H2,2H3/i1D/b3-1+. The maximum Gasteiger partial charge on any atom is 0.0538 e. The lowest BCUT2D eigenvalue weighted by Gasteiger charge is -1.95. The first-order valence-electron chi connectivity index (χ1n) is 3.53. The zero-order valence-corrected chi connectivity index (χ0v) is 5.46. The summed E-state index contributed by atoms with van der Waals surface area (Å²) in [5.74, 6) is 0. The van der Waals surface area contributed by atoms with Crippen molar-refractivity contribution in [3.05, 3.63) is 41.9 Å². The second-order valence-corrected chi connectivity index (χ2v) is 2.02. The zero-order valence-electron chi connectivity index (χ0n) is 6.46. The van der Waals surface area contributed by atoms with Gasteiger partial charge in [0.1, 0.15) is 0 Å². The van der Waals surface area contributed by atoms with Crippen LogP contribution >= 0.6 is 0 Å². The summed E-state index contributed by atoms with van der Waals surface area (Å²) in [6, 6.07) is 8.01. The van der Waals surface area contributed by atoms with Gasteiger partial charge in [0.2, 0.25) is 0 Å². The van der Waals surface area contributed by atoms with Gasteiger partial charge in [0, 0.05) is 0 Å². The van der Waals surface area contributed by atoms with Gasteiger partial charge in [0.05, 0.1) is 1.37 Å². The molecular formula is C9H10. The fourth-order valence-corrected chi connectivity index (χ4v) is 0.774. The normalized spacial score (nSPS) is 11.9. The van der Waals surface area contributed by atoms with E-state index in [0.29, 0.717) is 0 Å². The van der Waals surface area contributed by atoms with Crippen molar-refractivity contribution in [2.75, 3.05) is 0 Å². The quantitative estimate of drug-likeness (QED) is 0.533. The first kappa shape index (κ1) is 4.80. The largest absolute Gasteiger partial charge is 0.0985 e. The number of benzene rings is 1. The second kappa shape index (κ2) is 2.49. The molecular weight excluding hydrogens is 108 g/mol. The van der Waals surface area contributed by atoms with Crippen LogP contribution in [0.1, 0.15) is 12.5 Å². The molecule has 0 aliphatic heterocycles. The molecule has 0 heterocycles. The summed E-state index contributed by atoms with van der Waals surface area (Å²) < 4.78 is 6.86. The van der Waals surface area contributed by atoms with Crippen molar-refractivity contribution in [1.82, 2.24) is 0 Å². The van der Waals surface area contributed by atoms with Crippen molar-refractivity contribution in [1.29, 1.82) is 0 Å². The summed E-state index contributed by atoms with van der Waals surface area (Å²) in [5.41, 5.74) is 2.34. The van der Waals surface area contributed by atoms with Crippen LogP contribution < -0.4 is 0 Å². The van der Waals surface area contributed by atoms with Gasteiger partial charge in [-0.25, -0.2) is 0 Å². The van der Waals surface area contributed by atoms with E-state index in [0.717, 1.165) is 5.56 Å². The predicted octanol–water partition coefficient (Wildman–Crippen LogP) is 2.64. The third-order valence-electron chi connectivity index (χ3n) is 1.37. The van der Waals surface area contributed by atoms with Crippen molar-refractivity contribution in [3.8, 4) is 0 Å². The Labute approximate surface area is 57.2 Å². The highest BCUT2D eigenvalue weighted by Crippen LogP contribution is 2.06. The van der Waals surface area contributed by atoms with Gasteiger partial charge in [0.15, 0.2) is 0 Å². The minimum absolute atomic E-state index is 1.12. The van der Waals surface area contributed by atoms with Gasteiger partial charge in [-0.3, -0.25) is 0 Å². The topological polar surface area (TPSA) is 0 Å². The Morgan fingerprint density at radius 2 is 2.33 bits per heavy atom. The summed E-state index contributed by atoms with van der Waals surface area (Å²) in [6.07, 6.45) is 1.79. The third-order valence-corrected chi connectivity index (χ3v) is 1.37. The first-order valence-corrected chi connectivity index (χ1v) is 2.95. The number of rotatable bonds is 1. The molecule has 0 heteroatoms. The Morgan fingerprint density at radius 1 is 1.56 bits per heavy atom. The van der Waals surface area contributed by atoms with Crippen LogP contribution in [0.2, 0.25) is 0 Å². The van der Waals surface area contributed by atoms with Crippen molar-refractivity contribution in [3.63, 3.8) is 0 Å². The Kier molecular flexibility index (Phi) is 1.33. The molecule has 0 N–H and O–H groups in total. The molecule has 46 valence electrons. The summed E-state index contributed by atoms with van der Waals surface area (Å²) in [7, 11) is 0. The molecule has 0 saturated heterocycles. The minimum atomic E-state index is 1.12. The van der Waals surface area contributed by atoms with Gasteiger partial charge >= 0.3 is 0 Å². The van der Waals surface area contributed by atoms with E-state index >= 15 is 0 Å². The average molecular weight is 119 g/mol. The highest BCUT2D eigenvalue weighted by molar-refractivity contribution is 5.50. The Balaban J connectivity index is 3.03. The van der Waals surface area contributed by atoms with Gasteiger partial charge in [-0.2, -0.15) is 0 Å². The van der Waals surface area contributed by atoms with Crippen LogP contribution in [0.4, 0.5) is 0 Å². The minimum Gasteiger partial charge on any atom is -0.0985 e. The van der Waals surface area contributed by atoms with Gasteiger partial charge < -0.3 is 0 Å². The van der Waals surface area contributed by atoms with E-state index in [9.17, 15) is 0 Å². The molecule has 0 bridgehead atoms. The molecule has 0 aromatic heterocycles. The molecule has 0 spiro atoms. The fraction of sp³-hybridized carbons (Fsp3) is 0.111. The number of hydrogen-bond acceptors (Lipinski definition) is 0. The van der Waals surface area contributed by atoms with Gasteiger partial charge in [0.25, 0.3) is 0 Å². The van der Waals surface area contributed by atoms with Gasteiger partial charge in [-0.05, 0) is 18.1 Å². The lowest BCUT2D eigenvalue weighted by atomic mass is 10.1. The molecule has 1 aromatic rings. The molecule has 0 radical (unpaired) electrons. The summed E-state index contributed by atoms with van der Waals surface area (Å²) >= 11 is 0. The predicted molar refractivity (Wildman–Crippen MR) is 41.3 cm³/mol. The van der Waals surface area contributed by atoms with E-state index in [1.165, 1.54) is 12.1 Å². The van der Waals surface area contributed by atoms with Crippen LogP contribution in [0.15, 0.2) is 30.8 Å². The Morgan fingerprint density at radius 3 is 3.00 bits per heavy atom. The smallest absolute Gasteiger partial charge is 0.0538 e. The fourth-order valence-electron chi connectivity index (χ4n) is 0.774. The van der Waals surface area contributed by atoms with Crippen LogP contribution in [-0.2, 0) is 0 Å². The van der Waals surface area contributed by atoms with E-state index in [-0.39, 0.29) is 0 Å². The van der Waals surface area contributed by atoms with Crippen molar-refractivity contribution in [2.24, 2.45) is 0 Å². The Hall–Kier alpha value is -1.04. The lowest BCUT2D eigenvalue weighted by molar-refractivity contribution is 1.45. The van der Waals surface area contributed by atoms with Crippen molar-refractivity contribution in [2.45, 2.75) is 6.92 Å². The number of aryl methyl sites for hydroxylation is 1. The first-order chi connectivity index (χ1) is 4.84. The molecule has 0 amide bonds. The van der Waals surface area contributed by atoms with Crippen LogP contribution in [0.5, 0.6) is 0 Å². The summed E-state index contributed by atoms with van der Waals surface area (Å²) in [5, 5.41) is 0. The average Bonchev–Trinajstić information content (AvgIpc) is 1.94. The van der Waals surface area contributed by atoms with E-state index in [4.69, 9.17) is 1.37 Å². The second-order valence-electron chi connectivity index (χ2n) is 2.02. The van der Waals surface area contributed by atoms with E-state index in [1.54, 1.807) is 6.08 Å². The van der Waals surface area contributed by atoms with Crippen molar-refractivity contribution >= 4 is 6.08 Å².